The van der Waals surface area contributed by atoms with Crippen LogP contribution in [0.3, 0.4) is 0 Å². The summed E-state index contributed by atoms with van der Waals surface area (Å²) in [5, 5.41) is 18.1. The maximum absolute atomic E-state index is 9.63. The highest BCUT2D eigenvalue weighted by Gasteiger charge is 2.23. The lowest BCUT2D eigenvalue weighted by atomic mass is 10.1. The van der Waals surface area contributed by atoms with Gasteiger partial charge in [0.1, 0.15) is 5.82 Å². The minimum atomic E-state index is -0.207. The number of ether oxygens (including phenoxy) is 1. The Morgan fingerprint density at radius 3 is 2.62 bits per heavy atom. The van der Waals surface area contributed by atoms with Crippen molar-refractivity contribution in [1.29, 1.82) is 0 Å². The molecule has 1 N–H and O–H groups in total. The number of aryl methyl sites for hydroxylation is 1. The molecule has 0 bridgehead atoms. The van der Waals surface area contributed by atoms with E-state index in [1.165, 1.54) is 0 Å². The molecule has 2 aromatic heterocycles. The van der Waals surface area contributed by atoms with Gasteiger partial charge in [-0.25, -0.2) is 4.98 Å². The lowest BCUT2D eigenvalue weighted by molar-refractivity contribution is 0.145. The van der Waals surface area contributed by atoms with Gasteiger partial charge < -0.3 is 14.7 Å². The van der Waals surface area contributed by atoms with E-state index in [1.54, 1.807) is 13.3 Å². The van der Waals surface area contributed by atoms with Gasteiger partial charge in [-0.15, -0.1) is 10.2 Å². The van der Waals surface area contributed by atoms with Crippen molar-refractivity contribution in [3.63, 3.8) is 0 Å². The fourth-order valence-electron chi connectivity index (χ4n) is 2.55. The SMILES string of the molecule is COc1ccc(-n2c(C)nnc2N2CCC(O)CC2)cn1. The zero-order valence-electron chi connectivity index (χ0n) is 12.2. The molecule has 1 fully saturated rings. The van der Waals surface area contributed by atoms with Gasteiger partial charge in [0, 0.05) is 19.2 Å². The Labute approximate surface area is 123 Å². The first kappa shape index (κ1) is 13.8. The minimum Gasteiger partial charge on any atom is -0.481 e. The monoisotopic (exact) mass is 289 g/mol. The molecule has 3 heterocycles. The lowest BCUT2D eigenvalue weighted by Crippen LogP contribution is -2.37. The molecule has 0 amide bonds. The molecule has 0 atom stereocenters. The van der Waals surface area contributed by atoms with Crippen LogP contribution >= 0.6 is 0 Å². The maximum Gasteiger partial charge on any atom is 0.231 e. The van der Waals surface area contributed by atoms with E-state index in [0.29, 0.717) is 5.88 Å². The Hall–Kier alpha value is -2.15. The maximum atomic E-state index is 9.63. The van der Waals surface area contributed by atoms with Crippen molar-refractivity contribution in [1.82, 2.24) is 19.7 Å². The number of aliphatic hydroxyl groups excluding tert-OH is 1. The second-order valence-corrected chi connectivity index (χ2v) is 5.16. The quantitative estimate of drug-likeness (QED) is 0.906. The number of methoxy groups -OCH3 is 1. The number of pyridine rings is 1. The molecule has 1 saturated heterocycles. The molecule has 0 unspecified atom stereocenters. The zero-order valence-corrected chi connectivity index (χ0v) is 12.2. The third kappa shape index (κ3) is 2.69. The van der Waals surface area contributed by atoms with Crippen LogP contribution in [-0.2, 0) is 0 Å². The summed E-state index contributed by atoms with van der Waals surface area (Å²) >= 11 is 0. The second kappa shape index (κ2) is 5.69. The summed E-state index contributed by atoms with van der Waals surface area (Å²) in [6, 6.07) is 3.75. The predicted molar refractivity (Wildman–Crippen MR) is 77.9 cm³/mol. The van der Waals surface area contributed by atoms with Crippen molar-refractivity contribution in [3.8, 4) is 11.6 Å². The molecule has 1 aliphatic rings. The number of hydrogen-bond donors (Lipinski definition) is 1. The summed E-state index contributed by atoms with van der Waals surface area (Å²) in [4.78, 5) is 6.39. The molecule has 0 spiro atoms. The lowest BCUT2D eigenvalue weighted by Gasteiger charge is -2.30. The van der Waals surface area contributed by atoms with Crippen molar-refractivity contribution < 1.29 is 9.84 Å². The molecular formula is C14H19N5O2. The first-order valence-electron chi connectivity index (χ1n) is 7.04. The van der Waals surface area contributed by atoms with Crippen LogP contribution in [-0.4, -0.2) is 51.2 Å². The van der Waals surface area contributed by atoms with E-state index in [2.05, 4.69) is 20.1 Å². The largest absolute Gasteiger partial charge is 0.481 e. The molecule has 0 saturated carbocycles. The summed E-state index contributed by atoms with van der Waals surface area (Å²) in [7, 11) is 1.59. The molecule has 0 aliphatic carbocycles. The van der Waals surface area contributed by atoms with Crippen LogP contribution in [0, 0.1) is 6.92 Å². The average molecular weight is 289 g/mol. The number of piperidine rings is 1. The number of nitrogens with zero attached hydrogens (tertiary/aromatic N) is 5. The molecular weight excluding hydrogens is 270 g/mol. The highest BCUT2D eigenvalue weighted by atomic mass is 16.5. The van der Waals surface area contributed by atoms with Crippen LogP contribution in [0.2, 0.25) is 0 Å². The molecule has 7 nitrogen and oxygen atoms in total. The molecule has 0 radical (unpaired) electrons. The van der Waals surface area contributed by atoms with E-state index in [4.69, 9.17) is 4.74 Å². The van der Waals surface area contributed by atoms with E-state index in [1.807, 2.05) is 23.6 Å². The molecule has 0 aromatic carbocycles. The Morgan fingerprint density at radius 2 is 2.00 bits per heavy atom. The Kier molecular flexibility index (Phi) is 3.74. The molecule has 1 aliphatic heterocycles. The number of aromatic nitrogens is 4. The van der Waals surface area contributed by atoms with Gasteiger partial charge in [0.05, 0.1) is 25.1 Å². The molecule has 3 rings (SSSR count). The molecule has 2 aromatic rings. The van der Waals surface area contributed by atoms with Crippen LogP contribution in [0.1, 0.15) is 18.7 Å². The molecule has 21 heavy (non-hydrogen) atoms. The Balaban J connectivity index is 1.92. The van der Waals surface area contributed by atoms with Gasteiger partial charge in [-0.3, -0.25) is 4.57 Å². The number of aliphatic hydroxyl groups is 1. The van der Waals surface area contributed by atoms with Crippen LogP contribution in [0.4, 0.5) is 5.95 Å². The number of anilines is 1. The van der Waals surface area contributed by atoms with Crippen molar-refractivity contribution in [2.45, 2.75) is 25.9 Å². The third-order valence-corrected chi connectivity index (χ3v) is 3.74. The van der Waals surface area contributed by atoms with Crippen molar-refractivity contribution in [2.24, 2.45) is 0 Å². The van der Waals surface area contributed by atoms with Gasteiger partial charge in [0.25, 0.3) is 0 Å². The summed E-state index contributed by atoms with van der Waals surface area (Å²) < 4.78 is 7.06. The Bertz CT molecular complexity index is 602. The molecule has 7 heteroatoms. The smallest absolute Gasteiger partial charge is 0.231 e. The number of rotatable bonds is 3. The number of hydrogen-bond acceptors (Lipinski definition) is 6. The minimum absolute atomic E-state index is 0.207. The van der Waals surface area contributed by atoms with Crippen molar-refractivity contribution in [2.75, 3.05) is 25.1 Å². The topological polar surface area (TPSA) is 76.3 Å². The average Bonchev–Trinajstić information content (AvgIpc) is 2.90. The normalized spacial score (nSPS) is 16.2. The van der Waals surface area contributed by atoms with Gasteiger partial charge in [-0.1, -0.05) is 0 Å². The fourth-order valence-corrected chi connectivity index (χ4v) is 2.55. The van der Waals surface area contributed by atoms with Gasteiger partial charge in [-0.2, -0.15) is 0 Å². The van der Waals surface area contributed by atoms with Crippen molar-refractivity contribution in [3.05, 3.63) is 24.2 Å². The molecule has 112 valence electrons. The Morgan fingerprint density at radius 1 is 1.24 bits per heavy atom. The first-order chi connectivity index (χ1) is 10.2. The second-order valence-electron chi connectivity index (χ2n) is 5.16. The van der Waals surface area contributed by atoms with E-state index in [0.717, 1.165) is 43.4 Å². The first-order valence-corrected chi connectivity index (χ1v) is 7.04. The van der Waals surface area contributed by atoms with Crippen LogP contribution in [0.15, 0.2) is 18.3 Å². The van der Waals surface area contributed by atoms with Crippen LogP contribution in [0.5, 0.6) is 5.88 Å². The predicted octanol–water partition coefficient (Wildman–Crippen LogP) is 0.940. The third-order valence-electron chi connectivity index (χ3n) is 3.74. The fraction of sp³-hybridized carbons (Fsp3) is 0.500. The van der Waals surface area contributed by atoms with E-state index < -0.39 is 0 Å². The summed E-state index contributed by atoms with van der Waals surface area (Å²) in [6.45, 7) is 3.48. The standard InChI is InChI=1S/C14H19N5O2/c1-10-16-17-14(18-7-5-12(20)6-8-18)19(10)11-3-4-13(21-2)15-9-11/h3-4,9,12,20H,5-8H2,1-2H3. The summed E-state index contributed by atoms with van der Waals surface area (Å²) in [5.41, 5.74) is 0.902. The van der Waals surface area contributed by atoms with Gasteiger partial charge >= 0.3 is 0 Å². The van der Waals surface area contributed by atoms with E-state index in [-0.39, 0.29) is 6.10 Å². The van der Waals surface area contributed by atoms with Crippen LogP contribution < -0.4 is 9.64 Å². The van der Waals surface area contributed by atoms with Gasteiger partial charge in [0.2, 0.25) is 11.8 Å². The van der Waals surface area contributed by atoms with Gasteiger partial charge in [-0.05, 0) is 25.8 Å². The van der Waals surface area contributed by atoms with Crippen LogP contribution in [0.25, 0.3) is 5.69 Å². The zero-order chi connectivity index (χ0) is 14.8. The summed E-state index contributed by atoms with van der Waals surface area (Å²) in [6.07, 6.45) is 3.05. The highest BCUT2D eigenvalue weighted by molar-refractivity contribution is 5.44. The van der Waals surface area contributed by atoms with Gasteiger partial charge in [0.15, 0.2) is 0 Å². The van der Waals surface area contributed by atoms with E-state index in [9.17, 15) is 5.11 Å². The van der Waals surface area contributed by atoms with E-state index >= 15 is 0 Å². The van der Waals surface area contributed by atoms with Crippen molar-refractivity contribution >= 4 is 5.95 Å². The summed E-state index contributed by atoms with van der Waals surface area (Å²) in [5.74, 6) is 2.18. The highest BCUT2D eigenvalue weighted by Crippen LogP contribution is 2.23.